The van der Waals surface area contributed by atoms with Gasteiger partial charge in [-0.05, 0) is 41.7 Å². The van der Waals surface area contributed by atoms with Crippen LogP contribution in [0.4, 0.5) is 0 Å². The van der Waals surface area contributed by atoms with E-state index < -0.39 is 0 Å². The first kappa shape index (κ1) is 20.2. The molecule has 2 N–H and O–H groups in total. The zero-order chi connectivity index (χ0) is 19.8. The van der Waals surface area contributed by atoms with Crippen LogP contribution < -0.4 is 10.6 Å². The van der Waals surface area contributed by atoms with Crippen LogP contribution in [0.2, 0.25) is 5.02 Å². The minimum atomic E-state index is 0.221. The van der Waals surface area contributed by atoms with Gasteiger partial charge in [-0.25, -0.2) is 0 Å². The van der Waals surface area contributed by atoms with Crippen molar-refractivity contribution in [2.45, 2.75) is 32.4 Å². The molecule has 3 rings (SSSR count). The maximum absolute atomic E-state index is 12.5. The number of nitrogens with zero attached hydrogens (tertiary/aromatic N) is 2. The Hall–Kier alpha value is -2.53. The molecule has 0 unspecified atom stereocenters. The number of hydrogen-bond donors (Lipinski definition) is 2. The van der Waals surface area contributed by atoms with Crippen LogP contribution >= 0.6 is 11.6 Å². The molecule has 1 amide bonds. The highest BCUT2D eigenvalue weighted by Gasteiger charge is 2.19. The molecule has 0 radical (unpaired) electrons. The van der Waals surface area contributed by atoms with Crippen molar-refractivity contribution in [2.75, 3.05) is 20.1 Å². The smallest absolute Gasteiger partial charge is 0.222 e. The molecule has 0 saturated carbocycles. The summed E-state index contributed by atoms with van der Waals surface area (Å²) in [7, 11) is 1.74. The second kappa shape index (κ2) is 10.1. The van der Waals surface area contributed by atoms with Crippen LogP contribution in [0.1, 0.15) is 29.5 Å². The molecule has 1 aliphatic heterocycles. The number of carbonyl (C=O) groups excluding carboxylic acids is 1. The summed E-state index contributed by atoms with van der Waals surface area (Å²) in [4.78, 5) is 18.7. The van der Waals surface area contributed by atoms with E-state index in [2.05, 4.69) is 33.8 Å². The van der Waals surface area contributed by atoms with Crippen LogP contribution in [0.15, 0.2) is 53.5 Å². The van der Waals surface area contributed by atoms with E-state index in [4.69, 9.17) is 11.6 Å². The quantitative estimate of drug-likeness (QED) is 0.445. The van der Waals surface area contributed by atoms with Gasteiger partial charge in [-0.15, -0.1) is 0 Å². The van der Waals surface area contributed by atoms with E-state index in [-0.39, 0.29) is 5.91 Å². The van der Waals surface area contributed by atoms with Crippen molar-refractivity contribution in [2.24, 2.45) is 4.99 Å². The molecule has 0 bridgehead atoms. The molecule has 2 aromatic carbocycles. The lowest BCUT2D eigenvalue weighted by atomic mass is 9.99. The number of amides is 1. The number of fused-ring (bicyclic) bond motifs is 1. The fourth-order valence-corrected chi connectivity index (χ4v) is 3.58. The van der Waals surface area contributed by atoms with E-state index in [1.165, 1.54) is 11.1 Å². The number of carbonyl (C=O) groups is 1. The zero-order valence-corrected chi connectivity index (χ0v) is 17.0. The molecule has 1 heterocycles. The summed E-state index contributed by atoms with van der Waals surface area (Å²) in [5.74, 6) is 0.942. The second-order valence-corrected chi connectivity index (χ2v) is 7.36. The summed E-state index contributed by atoms with van der Waals surface area (Å²) in [6, 6.07) is 16.1. The third-order valence-electron chi connectivity index (χ3n) is 4.92. The molecule has 148 valence electrons. The first-order chi connectivity index (χ1) is 13.7. The number of nitrogens with one attached hydrogen (secondary N) is 2. The third-order valence-corrected chi connectivity index (χ3v) is 5.15. The summed E-state index contributed by atoms with van der Waals surface area (Å²) < 4.78 is 0. The zero-order valence-electron chi connectivity index (χ0n) is 16.2. The molecule has 6 heteroatoms. The van der Waals surface area contributed by atoms with Gasteiger partial charge in [-0.3, -0.25) is 9.79 Å². The molecule has 0 fully saturated rings. The number of hydrogen-bond acceptors (Lipinski definition) is 2. The van der Waals surface area contributed by atoms with E-state index in [0.717, 1.165) is 42.5 Å². The van der Waals surface area contributed by atoms with Crippen molar-refractivity contribution in [1.29, 1.82) is 0 Å². The minimum Gasteiger partial charge on any atom is -0.356 e. The molecule has 2 aromatic rings. The van der Waals surface area contributed by atoms with Crippen molar-refractivity contribution in [3.8, 4) is 0 Å². The summed E-state index contributed by atoms with van der Waals surface area (Å²) in [6.07, 6.45) is 2.26. The number of aliphatic imine (C=N–C) groups is 1. The Balaban J connectivity index is 1.37. The van der Waals surface area contributed by atoms with E-state index >= 15 is 0 Å². The SMILES string of the molecule is CN=C(NCCCC(=O)N1CCc2ccccc2C1)NCc1cccc(Cl)c1. The van der Waals surface area contributed by atoms with Gasteiger partial charge in [0.25, 0.3) is 0 Å². The monoisotopic (exact) mass is 398 g/mol. The molecular formula is C22H27ClN4O. The average Bonchev–Trinajstić information content (AvgIpc) is 2.72. The fourth-order valence-electron chi connectivity index (χ4n) is 3.37. The Morgan fingerprint density at radius 1 is 1.14 bits per heavy atom. The van der Waals surface area contributed by atoms with Crippen molar-refractivity contribution >= 4 is 23.5 Å². The van der Waals surface area contributed by atoms with Gasteiger partial charge in [0.2, 0.25) is 5.91 Å². The fraction of sp³-hybridized carbons (Fsp3) is 0.364. The number of benzene rings is 2. The molecule has 28 heavy (non-hydrogen) atoms. The van der Waals surface area contributed by atoms with Crippen molar-refractivity contribution in [1.82, 2.24) is 15.5 Å². The predicted molar refractivity (Wildman–Crippen MR) is 114 cm³/mol. The number of guanidine groups is 1. The topological polar surface area (TPSA) is 56.7 Å². The molecular weight excluding hydrogens is 372 g/mol. The molecule has 0 aliphatic carbocycles. The van der Waals surface area contributed by atoms with Crippen molar-refractivity contribution in [3.05, 3.63) is 70.2 Å². The van der Waals surface area contributed by atoms with Gasteiger partial charge in [-0.2, -0.15) is 0 Å². The third kappa shape index (κ3) is 5.73. The van der Waals surface area contributed by atoms with E-state index in [9.17, 15) is 4.79 Å². The lowest BCUT2D eigenvalue weighted by Crippen LogP contribution is -2.38. The summed E-state index contributed by atoms with van der Waals surface area (Å²) in [5, 5.41) is 7.25. The summed E-state index contributed by atoms with van der Waals surface area (Å²) in [6.45, 7) is 2.88. The van der Waals surface area contributed by atoms with Gasteiger partial charge >= 0.3 is 0 Å². The van der Waals surface area contributed by atoms with Crippen LogP contribution in [-0.2, 0) is 24.3 Å². The first-order valence-electron chi connectivity index (χ1n) is 9.69. The average molecular weight is 399 g/mol. The van der Waals surface area contributed by atoms with Gasteiger partial charge in [-0.1, -0.05) is 48.0 Å². The molecule has 0 aromatic heterocycles. The Morgan fingerprint density at radius 3 is 2.75 bits per heavy atom. The minimum absolute atomic E-state index is 0.221. The molecule has 0 saturated heterocycles. The Kier molecular flexibility index (Phi) is 7.31. The molecule has 1 aliphatic rings. The van der Waals surface area contributed by atoms with Gasteiger partial charge < -0.3 is 15.5 Å². The van der Waals surface area contributed by atoms with Gasteiger partial charge in [0.05, 0.1) is 0 Å². The summed E-state index contributed by atoms with van der Waals surface area (Å²) >= 11 is 6.01. The highest BCUT2D eigenvalue weighted by molar-refractivity contribution is 6.30. The normalized spacial score (nSPS) is 13.8. The van der Waals surface area contributed by atoms with E-state index in [1.807, 2.05) is 35.2 Å². The second-order valence-electron chi connectivity index (χ2n) is 6.92. The van der Waals surface area contributed by atoms with Crippen molar-refractivity contribution < 1.29 is 4.79 Å². The number of rotatable bonds is 6. The molecule has 0 atom stereocenters. The maximum Gasteiger partial charge on any atom is 0.222 e. The lowest BCUT2D eigenvalue weighted by molar-refractivity contribution is -0.132. The van der Waals surface area contributed by atoms with E-state index in [1.54, 1.807) is 7.05 Å². The molecule has 0 spiro atoms. The number of halogens is 1. The standard InChI is InChI=1S/C22H27ClN4O/c1-24-22(26-15-17-6-4-9-20(23)14-17)25-12-5-10-21(28)27-13-11-18-7-2-3-8-19(18)16-27/h2-4,6-9,14H,5,10-13,15-16H2,1H3,(H2,24,25,26). The van der Waals surface area contributed by atoms with Gasteiger partial charge in [0.1, 0.15) is 0 Å². The Bertz CT molecular complexity index is 837. The van der Waals surface area contributed by atoms with Gasteiger partial charge in [0.15, 0.2) is 5.96 Å². The van der Waals surface area contributed by atoms with Crippen LogP contribution in [0, 0.1) is 0 Å². The highest BCUT2D eigenvalue weighted by atomic mass is 35.5. The maximum atomic E-state index is 12.5. The summed E-state index contributed by atoms with van der Waals surface area (Å²) in [5.41, 5.74) is 3.73. The van der Waals surface area contributed by atoms with E-state index in [0.29, 0.717) is 19.5 Å². The first-order valence-corrected chi connectivity index (χ1v) is 10.1. The van der Waals surface area contributed by atoms with Crippen LogP contribution in [0.3, 0.4) is 0 Å². The largest absolute Gasteiger partial charge is 0.356 e. The van der Waals surface area contributed by atoms with Crippen LogP contribution in [0.5, 0.6) is 0 Å². The van der Waals surface area contributed by atoms with Gasteiger partial charge in [0, 0.05) is 44.7 Å². The Morgan fingerprint density at radius 2 is 1.96 bits per heavy atom. The predicted octanol–water partition coefficient (Wildman–Crippen LogP) is 3.37. The van der Waals surface area contributed by atoms with Crippen LogP contribution in [-0.4, -0.2) is 36.9 Å². The molecule has 5 nitrogen and oxygen atoms in total. The Labute approximate surface area is 171 Å². The lowest BCUT2D eigenvalue weighted by Gasteiger charge is -2.29. The van der Waals surface area contributed by atoms with Crippen molar-refractivity contribution in [3.63, 3.8) is 0 Å². The van der Waals surface area contributed by atoms with Crippen LogP contribution in [0.25, 0.3) is 0 Å². The highest BCUT2D eigenvalue weighted by Crippen LogP contribution is 2.19.